The monoisotopic (exact) mass is 537 g/mol. The van der Waals surface area contributed by atoms with E-state index in [9.17, 15) is 33.1 Å². The lowest BCUT2D eigenvalue weighted by molar-refractivity contribution is -0.138. The van der Waals surface area contributed by atoms with Crippen molar-refractivity contribution in [3.05, 3.63) is 101 Å². The molecule has 3 amide bonds. The summed E-state index contributed by atoms with van der Waals surface area (Å²) in [5, 5.41) is 12.0. The molecule has 0 saturated carbocycles. The third kappa shape index (κ3) is 6.20. The van der Waals surface area contributed by atoms with Crippen molar-refractivity contribution in [2.24, 2.45) is 0 Å². The predicted octanol–water partition coefficient (Wildman–Crippen LogP) is 3.23. The molecule has 3 aromatic carbocycles. The molecule has 0 aromatic heterocycles. The highest BCUT2D eigenvalue weighted by Crippen LogP contribution is 2.25. The number of nitrogens with zero attached hydrogens (tertiary/aromatic N) is 2. The molecule has 0 bridgehead atoms. The number of carboxylic acids is 1. The first-order chi connectivity index (χ1) is 18.7. The molecule has 0 radical (unpaired) electrons. The van der Waals surface area contributed by atoms with Crippen molar-refractivity contribution in [1.82, 2.24) is 15.1 Å². The minimum absolute atomic E-state index is 0.00363. The highest BCUT2D eigenvalue weighted by Gasteiger charge is 2.44. The van der Waals surface area contributed by atoms with Crippen molar-refractivity contribution in [2.45, 2.75) is 18.6 Å². The standard InChI is InChI=1S/C28H25F2N3O6/c1-39-22-12-6-19(7-13-22)28(38)33-15-14-32(27(37)18-4-10-21(30)11-5-18)26(33)25(36)31-23(16-24(34)35)17-2-8-20(29)9-3-17/h2-13,23,26H,14-16H2,1H3,(H,31,36)(H,34,35). The van der Waals surface area contributed by atoms with Crippen LogP contribution in [0.1, 0.15) is 38.7 Å². The number of amides is 3. The minimum atomic E-state index is -1.44. The second kappa shape index (κ2) is 11.7. The van der Waals surface area contributed by atoms with Gasteiger partial charge in [-0.15, -0.1) is 0 Å². The number of carboxylic acid groups (broad SMARTS) is 1. The third-order valence-corrected chi connectivity index (χ3v) is 6.32. The van der Waals surface area contributed by atoms with Gasteiger partial charge in [-0.1, -0.05) is 12.1 Å². The summed E-state index contributed by atoms with van der Waals surface area (Å²) >= 11 is 0. The van der Waals surface area contributed by atoms with Crippen LogP contribution < -0.4 is 10.1 Å². The molecule has 11 heteroatoms. The van der Waals surface area contributed by atoms with E-state index in [4.69, 9.17) is 4.74 Å². The van der Waals surface area contributed by atoms with Crippen molar-refractivity contribution >= 4 is 23.7 Å². The normalized spacial score (nSPS) is 15.5. The smallest absolute Gasteiger partial charge is 0.305 e. The average molecular weight is 538 g/mol. The van der Waals surface area contributed by atoms with Crippen LogP contribution in [-0.2, 0) is 9.59 Å². The molecule has 1 fully saturated rings. The van der Waals surface area contributed by atoms with Gasteiger partial charge in [-0.25, -0.2) is 8.78 Å². The SMILES string of the molecule is COc1ccc(C(=O)N2CCN(C(=O)c3ccc(F)cc3)C2C(=O)NC(CC(=O)O)c2ccc(F)cc2)cc1. The molecule has 0 spiro atoms. The molecule has 1 saturated heterocycles. The van der Waals surface area contributed by atoms with Gasteiger partial charge in [0.25, 0.3) is 17.7 Å². The Bertz CT molecular complexity index is 1360. The predicted molar refractivity (Wildman–Crippen MR) is 135 cm³/mol. The van der Waals surface area contributed by atoms with Crippen molar-refractivity contribution in [2.75, 3.05) is 20.2 Å². The van der Waals surface area contributed by atoms with Crippen LogP contribution in [0.15, 0.2) is 72.8 Å². The van der Waals surface area contributed by atoms with Crippen LogP contribution >= 0.6 is 0 Å². The Labute approximate surface area is 222 Å². The summed E-state index contributed by atoms with van der Waals surface area (Å²) in [5.41, 5.74) is 0.674. The summed E-state index contributed by atoms with van der Waals surface area (Å²) in [6.45, 7) is 0.00632. The first-order valence-corrected chi connectivity index (χ1v) is 12.0. The Morgan fingerprint density at radius 2 is 1.31 bits per heavy atom. The summed E-state index contributed by atoms with van der Waals surface area (Å²) in [6.07, 6.45) is -1.96. The molecule has 1 aliphatic rings. The molecule has 2 atom stereocenters. The fourth-order valence-corrected chi connectivity index (χ4v) is 4.36. The molecule has 9 nitrogen and oxygen atoms in total. The number of rotatable bonds is 8. The highest BCUT2D eigenvalue weighted by atomic mass is 19.1. The van der Waals surface area contributed by atoms with Crippen LogP contribution in [0.25, 0.3) is 0 Å². The molecule has 1 heterocycles. The van der Waals surface area contributed by atoms with Crippen molar-refractivity contribution < 1.29 is 37.8 Å². The first-order valence-electron chi connectivity index (χ1n) is 12.0. The van der Waals surface area contributed by atoms with Gasteiger partial charge in [0.05, 0.1) is 19.6 Å². The lowest BCUT2D eigenvalue weighted by Gasteiger charge is -2.31. The summed E-state index contributed by atoms with van der Waals surface area (Å²) < 4.78 is 32.1. The second-order valence-electron chi connectivity index (χ2n) is 8.82. The zero-order chi connectivity index (χ0) is 28.1. The lowest BCUT2D eigenvalue weighted by atomic mass is 10.0. The van der Waals surface area contributed by atoms with Gasteiger partial charge < -0.3 is 25.0 Å². The van der Waals surface area contributed by atoms with Gasteiger partial charge in [-0.05, 0) is 66.2 Å². The maximum Gasteiger partial charge on any atom is 0.305 e. The molecule has 202 valence electrons. The summed E-state index contributed by atoms with van der Waals surface area (Å²) in [7, 11) is 1.48. The van der Waals surface area contributed by atoms with E-state index >= 15 is 0 Å². The number of carbonyl (C=O) groups excluding carboxylic acids is 3. The van der Waals surface area contributed by atoms with E-state index in [0.29, 0.717) is 11.3 Å². The van der Waals surface area contributed by atoms with E-state index < -0.39 is 54.0 Å². The molecule has 2 unspecified atom stereocenters. The van der Waals surface area contributed by atoms with E-state index in [1.165, 1.54) is 53.3 Å². The molecule has 1 aliphatic heterocycles. The van der Waals surface area contributed by atoms with E-state index in [1.807, 2.05) is 0 Å². The summed E-state index contributed by atoms with van der Waals surface area (Å²) in [5.74, 6) is -3.75. The Balaban J connectivity index is 1.67. The lowest BCUT2D eigenvalue weighted by Crippen LogP contribution is -2.54. The summed E-state index contributed by atoms with van der Waals surface area (Å²) in [6, 6.07) is 14.8. The number of methoxy groups -OCH3 is 1. The van der Waals surface area contributed by atoms with Gasteiger partial charge in [-0.2, -0.15) is 0 Å². The van der Waals surface area contributed by atoms with Crippen LogP contribution in [0.3, 0.4) is 0 Å². The van der Waals surface area contributed by atoms with E-state index in [2.05, 4.69) is 5.32 Å². The van der Waals surface area contributed by atoms with Crippen LogP contribution in [0.5, 0.6) is 5.75 Å². The minimum Gasteiger partial charge on any atom is -0.497 e. The van der Waals surface area contributed by atoms with Gasteiger partial charge in [0.2, 0.25) is 0 Å². The molecule has 4 rings (SSSR count). The van der Waals surface area contributed by atoms with Crippen LogP contribution in [0.4, 0.5) is 8.78 Å². The number of ether oxygens (including phenoxy) is 1. The molecular formula is C28H25F2N3O6. The number of halogens is 2. The third-order valence-electron chi connectivity index (χ3n) is 6.32. The molecule has 3 aromatic rings. The quantitative estimate of drug-likeness (QED) is 0.456. The fourth-order valence-electron chi connectivity index (χ4n) is 4.36. The number of aliphatic carboxylic acids is 1. The second-order valence-corrected chi connectivity index (χ2v) is 8.82. The average Bonchev–Trinajstić information content (AvgIpc) is 3.38. The molecule has 0 aliphatic carbocycles. The zero-order valence-electron chi connectivity index (χ0n) is 20.8. The fraction of sp³-hybridized carbons (Fsp3) is 0.214. The van der Waals surface area contributed by atoms with Crippen LogP contribution in [-0.4, -0.2) is 65.0 Å². The van der Waals surface area contributed by atoms with Crippen molar-refractivity contribution in [3.8, 4) is 5.75 Å². The van der Waals surface area contributed by atoms with Crippen molar-refractivity contribution in [3.63, 3.8) is 0 Å². The van der Waals surface area contributed by atoms with E-state index in [-0.39, 0.29) is 24.2 Å². The number of nitrogens with one attached hydrogen (secondary N) is 1. The molecule has 39 heavy (non-hydrogen) atoms. The maximum atomic E-state index is 13.7. The molecule has 2 N–H and O–H groups in total. The van der Waals surface area contributed by atoms with Gasteiger partial charge in [0.15, 0.2) is 6.17 Å². The summed E-state index contributed by atoms with van der Waals surface area (Å²) in [4.78, 5) is 54.4. The van der Waals surface area contributed by atoms with Crippen LogP contribution in [0, 0.1) is 11.6 Å². The number of hydrogen-bond donors (Lipinski definition) is 2. The number of benzene rings is 3. The van der Waals surface area contributed by atoms with Gasteiger partial charge in [0.1, 0.15) is 17.4 Å². The Morgan fingerprint density at radius 3 is 1.77 bits per heavy atom. The highest BCUT2D eigenvalue weighted by molar-refractivity contribution is 6.02. The molecular weight excluding hydrogens is 512 g/mol. The van der Waals surface area contributed by atoms with Gasteiger partial charge >= 0.3 is 5.97 Å². The largest absolute Gasteiger partial charge is 0.497 e. The van der Waals surface area contributed by atoms with Gasteiger partial charge in [-0.3, -0.25) is 19.2 Å². The van der Waals surface area contributed by atoms with Crippen molar-refractivity contribution in [1.29, 1.82) is 0 Å². The Morgan fingerprint density at radius 1 is 0.846 bits per heavy atom. The first kappa shape index (κ1) is 27.2. The van der Waals surface area contributed by atoms with E-state index in [1.54, 1.807) is 12.1 Å². The Kier molecular flexibility index (Phi) is 8.18. The number of hydrogen-bond acceptors (Lipinski definition) is 5. The van der Waals surface area contributed by atoms with Gasteiger partial charge in [0, 0.05) is 24.2 Å². The Hall–Kier alpha value is -4.80. The topological polar surface area (TPSA) is 116 Å². The van der Waals surface area contributed by atoms with Crippen LogP contribution in [0.2, 0.25) is 0 Å². The maximum absolute atomic E-state index is 13.7. The zero-order valence-corrected chi connectivity index (χ0v) is 20.8. The van der Waals surface area contributed by atoms with E-state index in [0.717, 1.165) is 24.3 Å². The number of carbonyl (C=O) groups is 4.